The number of rotatable bonds is 4. The topological polar surface area (TPSA) is 62.1 Å². The summed E-state index contributed by atoms with van der Waals surface area (Å²) >= 11 is 0. The first kappa shape index (κ1) is 14.8. The minimum absolute atomic E-state index is 0.125. The second-order valence-electron chi connectivity index (χ2n) is 5.33. The van der Waals surface area contributed by atoms with Crippen LogP contribution < -0.4 is 5.32 Å². The Morgan fingerprint density at radius 2 is 2.00 bits per heavy atom. The van der Waals surface area contributed by atoms with Gasteiger partial charge in [-0.25, -0.2) is 4.79 Å². The molecule has 0 rings (SSSR count). The van der Waals surface area contributed by atoms with Crippen LogP contribution in [0, 0.1) is 17.2 Å². The average Bonchev–Trinajstić information content (AvgIpc) is 1.98. The first-order valence-electron chi connectivity index (χ1n) is 5.61. The van der Waals surface area contributed by atoms with E-state index < -0.39 is 11.7 Å². The van der Waals surface area contributed by atoms with Crippen LogP contribution in [-0.4, -0.2) is 17.7 Å². The molecule has 0 spiro atoms. The molecule has 0 aromatic carbocycles. The molecule has 0 aromatic heterocycles. The van der Waals surface area contributed by atoms with E-state index in [0.29, 0.717) is 12.3 Å². The number of nitrogens with zero attached hydrogens (tertiary/aromatic N) is 1. The first-order chi connectivity index (χ1) is 7.24. The summed E-state index contributed by atoms with van der Waals surface area (Å²) in [5, 5.41) is 11.4. The van der Waals surface area contributed by atoms with Gasteiger partial charge in [0.05, 0.1) is 12.5 Å². The van der Waals surface area contributed by atoms with Gasteiger partial charge in [-0.1, -0.05) is 13.8 Å². The van der Waals surface area contributed by atoms with Crippen molar-refractivity contribution in [1.82, 2.24) is 5.32 Å². The fourth-order valence-corrected chi connectivity index (χ4v) is 1.35. The quantitative estimate of drug-likeness (QED) is 0.801. The average molecular weight is 226 g/mol. The predicted molar refractivity (Wildman–Crippen MR) is 62.8 cm³/mol. The van der Waals surface area contributed by atoms with Gasteiger partial charge in [0.15, 0.2) is 0 Å². The van der Waals surface area contributed by atoms with Gasteiger partial charge in [0.1, 0.15) is 5.60 Å². The van der Waals surface area contributed by atoms with Crippen molar-refractivity contribution in [2.45, 2.75) is 59.1 Å². The summed E-state index contributed by atoms with van der Waals surface area (Å²) in [6, 6.07) is 1.95. The Morgan fingerprint density at radius 3 is 2.38 bits per heavy atom. The van der Waals surface area contributed by atoms with E-state index in [-0.39, 0.29) is 6.04 Å². The van der Waals surface area contributed by atoms with Gasteiger partial charge in [-0.3, -0.25) is 0 Å². The van der Waals surface area contributed by atoms with Crippen molar-refractivity contribution in [3.05, 3.63) is 0 Å². The van der Waals surface area contributed by atoms with Crippen LogP contribution in [0.4, 0.5) is 4.79 Å². The van der Waals surface area contributed by atoms with Gasteiger partial charge in [0.2, 0.25) is 0 Å². The zero-order valence-electron chi connectivity index (χ0n) is 10.8. The SMILES string of the molecule is CC(C)C[C@@H](CC#N)NC(=O)OC(C)(C)C. The van der Waals surface area contributed by atoms with Crippen LogP contribution in [0.2, 0.25) is 0 Å². The standard InChI is InChI=1S/C12H22N2O2/c1-9(2)8-10(6-7-13)14-11(15)16-12(3,4)5/h9-10H,6,8H2,1-5H3,(H,14,15)/t10-/m1/s1. The molecule has 1 amide bonds. The Balaban J connectivity index is 4.19. The number of hydrogen-bond acceptors (Lipinski definition) is 3. The molecule has 4 nitrogen and oxygen atoms in total. The number of nitrogens with one attached hydrogen (secondary N) is 1. The lowest BCUT2D eigenvalue weighted by molar-refractivity contribution is 0.0500. The Hall–Kier alpha value is -1.24. The summed E-state index contributed by atoms with van der Waals surface area (Å²) in [6.07, 6.45) is 0.651. The first-order valence-corrected chi connectivity index (χ1v) is 5.61. The number of nitriles is 1. The molecular weight excluding hydrogens is 204 g/mol. The summed E-state index contributed by atoms with van der Waals surface area (Å²) in [6.45, 7) is 9.55. The van der Waals surface area contributed by atoms with E-state index in [0.717, 1.165) is 6.42 Å². The van der Waals surface area contributed by atoms with E-state index in [4.69, 9.17) is 10.00 Å². The zero-order valence-corrected chi connectivity index (χ0v) is 10.8. The largest absolute Gasteiger partial charge is 0.444 e. The highest BCUT2D eigenvalue weighted by Crippen LogP contribution is 2.10. The van der Waals surface area contributed by atoms with Crippen molar-refractivity contribution in [3.8, 4) is 6.07 Å². The van der Waals surface area contributed by atoms with Crippen LogP contribution in [-0.2, 0) is 4.74 Å². The smallest absolute Gasteiger partial charge is 0.407 e. The molecule has 16 heavy (non-hydrogen) atoms. The van der Waals surface area contributed by atoms with Crippen molar-refractivity contribution in [2.24, 2.45) is 5.92 Å². The van der Waals surface area contributed by atoms with E-state index in [1.807, 2.05) is 20.8 Å². The van der Waals surface area contributed by atoms with Crippen LogP contribution in [0.1, 0.15) is 47.5 Å². The van der Waals surface area contributed by atoms with E-state index >= 15 is 0 Å². The fraction of sp³-hybridized carbons (Fsp3) is 0.833. The Morgan fingerprint density at radius 1 is 1.44 bits per heavy atom. The molecular formula is C12H22N2O2. The molecule has 92 valence electrons. The zero-order chi connectivity index (χ0) is 12.8. The van der Waals surface area contributed by atoms with E-state index in [9.17, 15) is 4.79 Å². The molecule has 0 unspecified atom stereocenters. The molecule has 4 heteroatoms. The van der Waals surface area contributed by atoms with Gasteiger partial charge in [0.25, 0.3) is 0 Å². The van der Waals surface area contributed by atoms with Gasteiger partial charge >= 0.3 is 6.09 Å². The minimum Gasteiger partial charge on any atom is -0.444 e. The third-order valence-electron chi connectivity index (χ3n) is 1.81. The molecule has 0 fully saturated rings. The molecule has 0 bridgehead atoms. The van der Waals surface area contributed by atoms with Crippen LogP contribution in [0.15, 0.2) is 0 Å². The fourth-order valence-electron chi connectivity index (χ4n) is 1.35. The second kappa shape index (κ2) is 6.37. The van der Waals surface area contributed by atoms with Crippen molar-refractivity contribution in [1.29, 1.82) is 5.26 Å². The Kier molecular flexibility index (Phi) is 5.87. The molecule has 0 aromatic rings. The highest BCUT2D eigenvalue weighted by Gasteiger charge is 2.19. The van der Waals surface area contributed by atoms with Crippen molar-refractivity contribution in [3.63, 3.8) is 0 Å². The molecule has 1 atom stereocenters. The normalized spacial score (nSPS) is 13.1. The maximum atomic E-state index is 11.5. The van der Waals surface area contributed by atoms with Crippen LogP contribution >= 0.6 is 0 Å². The maximum Gasteiger partial charge on any atom is 0.407 e. The minimum atomic E-state index is -0.501. The summed E-state index contributed by atoms with van der Waals surface area (Å²) in [5.41, 5.74) is -0.501. The molecule has 0 aliphatic heterocycles. The highest BCUT2D eigenvalue weighted by molar-refractivity contribution is 5.68. The number of carbonyl (C=O) groups is 1. The van der Waals surface area contributed by atoms with Crippen molar-refractivity contribution in [2.75, 3.05) is 0 Å². The lowest BCUT2D eigenvalue weighted by Crippen LogP contribution is -2.39. The summed E-state index contributed by atoms with van der Waals surface area (Å²) in [4.78, 5) is 11.5. The van der Waals surface area contributed by atoms with Gasteiger partial charge in [-0.2, -0.15) is 5.26 Å². The summed E-state index contributed by atoms with van der Waals surface area (Å²) < 4.78 is 5.14. The second-order valence-corrected chi connectivity index (χ2v) is 5.33. The molecule has 0 heterocycles. The molecule has 0 saturated carbocycles. The third-order valence-corrected chi connectivity index (χ3v) is 1.81. The van der Waals surface area contributed by atoms with Gasteiger partial charge in [0, 0.05) is 6.04 Å². The van der Waals surface area contributed by atoms with Crippen molar-refractivity contribution >= 4 is 6.09 Å². The Labute approximate surface area is 98.0 Å². The number of ether oxygens (including phenoxy) is 1. The summed E-state index contributed by atoms with van der Waals surface area (Å²) in [7, 11) is 0. The number of amides is 1. The van der Waals surface area contributed by atoms with Crippen molar-refractivity contribution < 1.29 is 9.53 Å². The third kappa shape index (κ3) is 8.10. The van der Waals surface area contributed by atoms with Crippen LogP contribution in [0.3, 0.4) is 0 Å². The van der Waals surface area contributed by atoms with Gasteiger partial charge in [-0.05, 0) is 33.1 Å². The molecule has 0 aliphatic rings. The van der Waals surface area contributed by atoms with E-state index in [2.05, 4.69) is 25.2 Å². The number of alkyl carbamates (subject to hydrolysis) is 1. The number of carbonyl (C=O) groups excluding carboxylic acids is 1. The predicted octanol–water partition coefficient (Wildman–Crippen LogP) is 2.84. The maximum absolute atomic E-state index is 11.5. The van der Waals surface area contributed by atoms with Crippen LogP contribution in [0.25, 0.3) is 0 Å². The van der Waals surface area contributed by atoms with E-state index in [1.54, 1.807) is 0 Å². The lowest BCUT2D eigenvalue weighted by atomic mass is 10.0. The molecule has 0 aliphatic carbocycles. The number of hydrogen-bond donors (Lipinski definition) is 1. The van der Waals surface area contributed by atoms with E-state index in [1.165, 1.54) is 0 Å². The highest BCUT2D eigenvalue weighted by atomic mass is 16.6. The monoisotopic (exact) mass is 226 g/mol. The van der Waals surface area contributed by atoms with Gasteiger partial charge in [-0.15, -0.1) is 0 Å². The molecule has 0 saturated heterocycles. The van der Waals surface area contributed by atoms with Gasteiger partial charge < -0.3 is 10.1 Å². The van der Waals surface area contributed by atoms with Crippen LogP contribution in [0.5, 0.6) is 0 Å². The Bertz CT molecular complexity index is 261. The molecule has 1 N–H and O–H groups in total. The molecule has 0 radical (unpaired) electrons. The summed E-state index contributed by atoms with van der Waals surface area (Å²) in [5.74, 6) is 0.438. The lowest BCUT2D eigenvalue weighted by Gasteiger charge is -2.23.